The molecular formula is C21H25N4O3+. The van der Waals surface area contributed by atoms with Crippen molar-refractivity contribution in [2.24, 2.45) is 0 Å². The summed E-state index contributed by atoms with van der Waals surface area (Å²) in [4.78, 5) is 18.8. The Balaban J connectivity index is 1.51. The van der Waals surface area contributed by atoms with E-state index < -0.39 is 0 Å². The molecular weight excluding hydrogens is 356 g/mol. The van der Waals surface area contributed by atoms with Gasteiger partial charge in [-0.05, 0) is 42.5 Å². The van der Waals surface area contributed by atoms with Crippen LogP contribution in [0.15, 0.2) is 42.5 Å². The molecule has 7 heteroatoms. The van der Waals surface area contributed by atoms with Crippen molar-refractivity contribution in [3.63, 3.8) is 0 Å². The van der Waals surface area contributed by atoms with E-state index in [1.807, 2.05) is 18.2 Å². The molecule has 1 atom stereocenters. The SMILES string of the molecule is COCC[NH+]1CCn2c(nc3cc(NC(=O)c4ccc(OC)cc4)ccc32)C1. The van der Waals surface area contributed by atoms with Crippen molar-refractivity contribution in [2.75, 3.05) is 39.2 Å². The summed E-state index contributed by atoms with van der Waals surface area (Å²) in [6.45, 7) is 4.66. The molecule has 0 saturated heterocycles. The van der Waals surface area contributed by atoms with Crippen molar-refractivity contribution >= 4 is 22.6 Å². The first kappa shape index (κ1) is 18.5. The van der Waals surface area contributed by atoms with Crippen molar-refractivity contribution in [1.29, 1.82) is 0 Å². The molecule has 2 aromatic carbocycles. The molecule has 0 saturated carbocycles. The maximum atomic E-state index is 12.5. The van der Waals surface area contributed by atoms with Crippen LogP contribution in [0.1, 0.15) is 16.2 Å². The van der Waals surface area contributed by atoms with Gasteiger partial charge in [0.25, 0.3) is 5.91 Å². The topological polar surface area (TPSA) is 69.8 Å². The standard InChI is InChI=1S/C21H24N4O3/c1-27-12-11-24-9-10-25-19-8-5-16(13-18(19)23-20(25)14-24)22-21(26)15-3-6-17(28-2)7-4-15/h3-8,13H,9-12,14H2,1-2H3,(H,22,26)/p+1. The fourth-order valence-corrected chi connectivity index (χ4v) is 3.63. The molecule has 1 unspecified atom stereocenters. The highest BCUT2D eigenvalue weighted by molar-refractivity contribution is 6.05. The number of nitrogens with one attached hydrogen (secondary N) is 2. The fraction of sp³-hybridized carbons (Fsp3) is 0.333. The minimum Gasteiger partial charge on any atom is -0.497 e. The van der Waals surface area contributed by atoms with E-state index in [9.17, 15) is 4.79 Å². The van der Waals surface area contributed by atoms with Gasteiger partial charge in [-0.3, -0.25) is 4.79 Å². The lowest BCUT2D eigenvalue weighted by Gasteiger charge is -2.24. The van der Waals surface area contributed by atoms with Gasteiger partial charge in [0.05, 0.1) is 37.8 Å². The molecule has 3 aromatic rings. The third-order valence-corrected chi connectivity index (χ3v) is 5.19. The molecule has 0 radical (unpaired) electrons. The summed E-state index contributed by atoms with van der Waals surface area (Å²) in [7, 11) is 3.34. The number of anilines is 1. The zero-order valence-electron chi connectivity index (χ0n) is 16.2. The van der Waals surface area contributed by atoms with Crippen LogP contribution in [0.25, 0.3) is 11.0 Å². The minimum atomic E-state index is -0.152. The Kier molecular flexibility index (Phi) is 5.27. The van der Waals surface area contributed by atoms with Crippen LogP contribution >= 0.6 is 0 Å². The molecule has 1 amide bonds. The normalized spacial score (nSPS) is 16.0. The molecule has 0 fully saturated rings. The molecule has 146 valence electrons. The Morgan fingerprint density at radius 1 is 1.21 bits per heavy atom. The third kappa shape index (κ3) is 3.72. The predicted molar refractivity (Wildman–Crippen MR) is 107 cm³/mol. The van der Waals surface area contributed by atoms with Gasteiger partial charge < -0.3 is 24.3 Å². The van der Waals surface area contributed by atoms with Crippen LogP contribution in [0.2, 0.25) is 0 Å². The van der Waals surface area contributed by atoms with Crippen LogP contribution in [0.4, 0.5) is 5.69 Å². The summed E-state index contributed by atoms with van der Waals surface area (Å²) in [5.41, 5.74) is 3.36. The molecule has 2 heterocycles. The molecule has 1 aliphatic heterocycles. The highest BCUT2D eigenvalue weighted by atomic mass is 16.5. The van der Waals surface area contributed by atoms with E-state index in [0.717, 1.165) is 61.1 Å². The van der Waals surface area contributed by atoms with Gasteiger partial charge in [0.1, 0.15) is 18.8 Å². The number of hydrogen-bond donors (Lipinski definition) is 2. The summed E-state index contributed by atoms with van der Waals surface area (Å²) in [5, 5.41) is 2.95. The first-order valence-corrected chi connectivity index (χ1v) is 9.45. The summed E-state index contributed by atoms with van der Waals surface area (Å²) in [5.74, 6) is 1.66. The van der Waals surface area contributed by atoms with Crippen molar-refractivity contribution in [1.82, 2.24) is 9.55 Å². The van der Waals surface area contributed by atoms with Crippen molar-refractivity contribution in [3.05, 3.63) is 53.9 Å². The van der Waals surface area contributed by atoms with E-state index in [4.69, 9.17) is 14.5 Å². The fourth-order valence-electron chi connectivity index (χ4n) is 3.63. The van der Waals surface area contributed by atoms with E-state index >= 15 is 0 Å². The first-order valence-electron chi connectivity index (χ1n) is 9.45. The number of methoxy groups -OCH3 is 2. The van der Waals surface area contributed by atoms with E-state index in [-0.39, 0.29) is 5.91 Å². The minimum absolute atomic E-state index is 0.152. The van der Waals surface area contributed by atoms with Crippen LogP contribution < -0.4 is 15.0 Å². The summed E-state index contributed by atoms with van der Waals surface area (Å²) < 4.78 is 12.6. The molecule has 1 aliphatic rings. The lowest BCUT2D eigenvalue weighted by atomic mass is 10.2. The molecule has 4 rings (SSSR count). The van der Waals surface area contributed by atoms with Crippen LogP contribution in [0.5, 0.6) is 5.75 Å². The van der Waals surface area contributed by atoms with E-state index in [2.05, 4.69) is 9.88 Å². The molecule has 0 bridgehead atoms. The van der Waals surface area contributed by atoms with Crippen LogP contribution in [-0.4, -0.2) is 49.4 Å². The average molecular weight is 381 g/mol. The smallest absolute Gasteiger partial charge is 0.255 e. The second-order valence-electron chi connectivity index (χ2n) is 6.99. The summed E-state index contributed by atoms with van der Waals surface area (Å²) >= 11 is 0. The predicted octanol–water partition coefficient (Wildman–Crippen LogP) is 1.34. The number of quaternary nitrogens is 1. The van der Waals surface area contributed by atoms with Gasteiger partial charge in [0, 0.05) is 18.4 Å². The van der Waals surface area contributed by atoms with Crippen LogP contribution in [-0.2, 0) is 17.8 Å². The van der Waals surface area contributed by atoms with Gasteiger partial charge in [-0.15, -0.1) is 0 Å². The number of carbonyl (C=O) groups is 1. The Morgan fingerprint density at radius 3 is 2.79 bits per heavy atom. The number of ether oxygens (including phenoxy) is 2. The number of imidazole rings is 1. The number of fused-ring (bicyclic) bond motifs is 3. The van der Waals surface area contributed by atoms with Crippen molar-refractivity contribution < 1.29 is 19.2 Å². The van der Waals surface area contributed by atoms with Crippen LogP contribution in [0, 0.1) is 0 Å². The largest absolute Gasteiger partial charge is 0.497 e. The maximum absolute atomic E-state index is 12.5. The molecule has 7 nitrogen and oxygen atoms in total. The molecule has 0 aliphatic carbocycles. The Bertz CT molecular complexity index is 981. The van der Waals surface area contributed by atoms with Gasteiger partial charge in [-0.2, -0.15) is 0 Å². The second kappa shape index (κ2) is 8.00. The number of benzene rings is 2. The Morgan fingerprint density at radius 2 is 2.04 bits per heavy atom. The van der Waals surface area contributed by atoms with Gasteiger partial charge in [0.2, 0.25) is 0 Å². The van der Waals surface area contributed by atoms with Crippen molar-refractivity contribution in [3.8, 4) is 5.75 Å². The van der Waals surface area contributed by atoms with Gasteiger partial charge in [-0.1, -0.05) is 0 Å². The number of aromatic nitrogens is 2. The lowest BCUT2D eigenvalue weighted by molar-refractivity contribution is -0.918. The Labute approximate surface area is 163 Å². The average Bonchev–Trinajstić information content (AvgIpc) is 3.09. The van der Waals surface area contributed by atoms with E-state index in [0.29, 0.717) is 5.56 Å². The first-order chi connectivity index (χ1) is 13.7. The second-order valence-corrected chi connectivity index (χ2v) is 6.99. The van der Waals surface area contributed by atoms with E-state index in [1.165, 1.54) is 4.90 Å². The lowest BCUT2D eigenvalue weighted by Crippen LogP contribution is -3.12. The number of nitrogens with zero attached hydrogens (tertiary/aromatic N) is 2. The summed E-state index contributed by atoms with van der Waals surface area (Å²) in [6, 6.07) is 13.0. The summed E-state index contributed by atoms with van der Waals surface area (Å²) in [6.07, 6.45) is 0. The number of hydrogen-bond acceptors (Lipinski definition) is 4. The molecule has 28 heavy (non-hydrogen) atoms. The van der Waals surface area contributed by atoms with Crippen molar-refractivity contribution in [2.45, 2.75) is 13.1 Å². The van der Waals surface area contributed by atoms with E-state index in [1.54, 1.807) is 38.5 Å². The van der Waals surface area contributed by atoms with Gasteiger partial charge >= 0.3 is 0 Å². The number of carbonyl (C=O) groups excluding carboxylic acids is 1. The number of rotatable bonds is 6. The number of amides is 1. The third-order valence-electron chi connectivity index (χ3n) is 5.19. The quantitative estimate of drug-likeness (QED) is 0.676. The monoisotopic (exact) mass is 381 g/mol. The maximum Gasteiger partial charge on any atom is 0.255 e. The van der Waals surface area contributed by atoms with Gasteiger partial charge in [0.15, 0.2) is 5.82 Å². The zero-order chi connectivity index (χ0) is 19.5. The zero-order valence-corrected chi connectivity index (χ0v) is 16.2. The van der Waals surface area contributed by atoms with Gasteiger partial charge in [-0.25, -0.2) is 4.98 Å². The molecule has 0 spiro atoms. The highest BCUT2D eigenvalue weighted by Crippen LogP contribution is 2.22. The van der Waals surface area contributed by atoms with Crippen LogP contribution in [0.3, 0.4) is 0 Å². The highest BCUT2D eigenvalue weighted by Gasteiger charge is 2.22. The molecule has 2 N–H and O–H groups in total. The molecule has 1 aromatic heterocycles. The Hall–Kier alpha value is -2.90.